The number of benzene rings is 1. The molecule has 0 aliphatic heterocycles. The molecule has 0 saturated carbocycles. The second kappa shape index (κ2) is 9.02. The number of nitrogens with zero attached hydrogens (tertiary/aromatic N) is 3. The molecule has 0 bridgehead atoms. The molecule has 0 saturated heterocycles. The Morgan fingerprint density at radius 3 is 2.45 bits per heavy atom. The molecule has 0 fully saturated rings. The van der Waals surface area contributed by atoms with Crippen LogP contribution in [0.5, 0.6) is 0 Å². The number of fused-ring (bicyclic) bond motifs is 1. The molecule has 0 aliphatic carbocycles. The van der Waals surface area contributed by atoms with Gasteiger partial charge in [0.05, 0.1) is 22.3 Å². The summed E-state index contributed by atoms with van der Waals surface area (Å²) in [7, 11) is 0. The summed E-state index contributed by atoms with van der Waals surface area (Å²) in [6.07, 6.45) is 1.63. The van der Waals surface area contributed by atoms with E-state index in [0.717, 1.165) is 22.4 Å². The molecule has 152 valence electrons. The summed E-state index contributed by atoms with van der Waals surface area (Å²) in [5, 5.41) is 14.8. The van der Waals surface area contributed by atoms with Crippen molar-refractivity contribution in [2.24, 2.45) is 0 Å². The number of carbonyl (C=O) groups is 2. The summed E-state index contributed by atoms with van der Waals surface area (Å²) in [6, 6.07) is 5.57. The van der Waals surface area contributed by atoms with Gasteiger partial charge >= 0.3 is 0 Å². The Morgan fingerprint density at radius 2 is 1.76 bits per heavy atom. The Labute approximate surface area is 182 Å². The van der Waals surface area contributed by atoms with Crippen molar-refractivity contribution in [2.75, 3.05) is 17.6 Å². The van der Waals surface area contributed by atoms with Crippen molar-refractivity contribution < 1.29 is 9.59 Å². The van der Waals surface area contributed by atoms with E-state index < -0.39 is 0 Å². The Balaban J connectivity index is 1.54. The zero-order chi connectivity index (χ0) is 21.1. The van der Waals surface area contributed by atoms with Crippen LogP contribution in [0.1, 0.15) is 16.7 Å². The Kier molecular flexibility index (Phi) is 6.66. The number of hydrogen-bond donors (Lipinski definition) is 2. The van der Waals surface area contributed by atoms with E-state index in [1.807, 2.05) is 32.9 Å². The van der Waals surface area contributed by atoms with Crippen LogP contribution in [0, 0.1) is 20.8 Å². The van der Waals surface area contributed by atoms with Gasteiger partial charge in [-0.2, -0.15) is 0 Å². The van der Waals surface area contributed by atoms with Gasteiger partial charge in [-0.15, -0.1) is 10.2 Å². The number of amides is 2. The van der Waals surface area contributed by atoms with Crippen molar-refractivity contribution in [3.8, 4) is 0 Å². The van der Waals surface area contributed by atoms with E-state index >= 15 is 0 Å². The molecule has 0 radical (unpaired) electrons. The second-order valence-corrected chi connectivity index (χ2v) is 8.36. The maximum Gasteiger partial charge on any atom is 0.243 e. The van der Waals surface area contributed by atoms with Gasteiger partial charge in [-0.05, 0) is 38.0 Å². The molecule has 2 N–H and O–H groups in total. The summed E-state index contributed by atoms with van der Waals surface area (Å²) in [5.41, 5.74) is 4.32. The predicted molar refractivity (Wildman–Crippen MR) is 116 cm³/mol. The van der Waals surface area contributed by atoms with Crippen LogP contribution in [-0.4, -0.2) is 38.7 Å². The maximum atomic E-state index is 12.2. The normalized spacial score (nSPS) is 10.9. The Morgan fingerprint density at radius 1 is 1.07 bits per heavy atom. The van der Waals surface area contributed by atoms with Gasteiger partial charge in [0.2, 0.25) is 11.8 Å². The quantitative estimate of drug-likeness (QED) is 0.556. The van der Waals surface area contributed by atoms with Crippen molar-refractivity contribution in [1.82, 2.24) is 19.9 Å². The third-order valence-corrected chi connectivity index (χ3v) is 5.54. The standard InChI is InChI=1S/C19H19Cl2N5O2S/c1-10-4-11(2)17(12(3)5-10)23-15(27)7-22-16(28)9-29-19-25-24-18-14(21)6-13(20)8-26(18)19/h4-6,8H,7,9H2,1-3H3,(H,22,28)(H,23,27). The van der Waals surface area contributed by atoms with Crippen LogP contribution >= 0.6 is 35.0 Å². The smallest absolute Gasteiger partial charge is 0.243 e. The van der Waals surface area contributed by atoms with E-state index in [-0.39, 0.29) is 24.1 Å². The first-order valence-corrected chi connectivity index (χ1v) is 10.5. The average Bonchev–Trinajstić information content (AvgIpc) is 3.04. The number of nitrogens with one attached hydrogen (secondary N) is 2. The molecule has 1 aromatic carbocycles. The number of aryl methyl sites for hydroxylation is 3. The van der Waals surface area contributed by atoms with Crippen molar-refractivity contribution in [2.45, 2.75) is 25.9 Å². The Bertz CT molecular complexity index is 1080. The highest BCUT2D eigenvalue weighted by atomic mass is 35.5. The lowest BCUT2D eigenvalue weighted by atomic mass is 10.1. The van der Waals surface area contributed by atoms with Crippen LogP contribution in [0.3, 0.4) is 0 Å². The number of rotatable bonds is 6. The number of hydrogen-bond acceptors (Lipinski definition) is 5. The van der Waals surface area contributed by atoms with Crippen molar-refractivity contribution >= 4 is 58.1 Å². The molecule has 29 heavy (non-hydrogen) atoms. The van der Waals surface area contributed by atoms with E-state index in [9.17, 15) is 9.59 Å². The van der Waals surface area contributed by atoms with Gasteiger partial charge in [0.15, 0.2) is 10.8 Å². The summed E-state index contributed by atoms with van der Waals surface area (Å²) < 4.78 is 1.62. The highest BCUT2D eigenvalue weighted by Crippen LogP contribution is 2.25. The van der Waals surface area contributed by atoms with E-state index in [1.54, 1.807) is 16.7 Å². The number of pyridine rings is 1. The van der Waals surface area contributed by atoms with Crippen molar-refractivity contribution in [3.63, 3.8) is 0 Å². The second-order valence-electron chi connectivity index (χ2n) is 6.57. The van der Waals surface area contributed by atoms with Crippen LogP contribution in [0.2, 0.25) is 10.0 Å². The molecular weight excluding hydrogens is 433 g/mol. The third kappa shape index (κ3) is 5.20. The molecule has 2 aromatic heterocycles. The van der Waals surface area contributed by atoms with Gasteiger partial charge in [0, 0.05) is 11.9 Å². The van der Waals surface area contributed by atoms with Gasteiger partial charge in [-0.1, -0.05) is 52.7 Å². The summed E-state index contributed by atoms with van der Waals surface area (Å²) in [5.74, 6) is -0.516. The Hall–Kier alpha value is -2.29. The SMILES string of the molecule is Cc1cc(C)c(NC(=O)CNC(=O)CSc2nnc3c(Cl)cc(Cl)cn23)c(C)c1. The van der Waals surface area contributed by atoms with Gasteiger partial charge < -0.3 is 10.6 Å². The average molecular weight is 452 g/mol. The molecule has 0 unspecified atom stereocenters. The first-order valence-electron chi connectivity index (χ1n) is 8.71. The highest BCUT2D eigenvalue weighted by Gasteiger charge is 2.14. The molecule has 7 nitrogen and oxygen atoms in total. The fourth-order valence-corrected chi connectivity index (χ4v) is 4.17. The summed E-state index contributed by atoms with van der Waals surface area (Å²) >= 11 is 13.3. The molecular formula is C19H19Cl2N5O2S. The molecule has 2 amide bonds. The fraction of sp³-hybridized carbons (Fsp3) is 0.263. The lowest BCUT2D eigenvalue weighted by molar-refractivity contribution is -0.122. The van der Waals surface area contributed by atoms with Gasteiger partial charge in [-0.25, -0.2) is 0 Å². The zero-order valence-corrected chi connectivity index (χ0v) is 18.4. The first-order chi connectivity index (χ1) is 13.7. The van der Waals surface area contributed by atoms with Gasteiger partial charge in [0.1, 0.15) is 0 Å². The van der Waals surface area contributed by atoms with E-state index in [4.69, 9.17) is 23.2 Å². The van der Waals surface area contributed by atoms with E-state index in [2.05, 4.69) is 20.8 Å². The number of anilines is 1. The molecule has 0 spiro atoms. The van der Waals surface area contributed by atoms with Crippen LogP contribution in [-0.2, 0) is 9.59 Å². The minimum atomic E-state index is -0.299. The molecule has 10 heteroatoms. The van der Waals surface area contributed by atoms with E-state index in [0.29, 0.717) is 20.8 Å². The topological polar surface area (TPSA) is 88.4 Å². The summed E-state index contributed by atoms with van der Waals surface area (Å²) in [4.78, 5) is 24.3. The van der Waals surface area contributed by atoms with Crippen LogP contribution in [0.15, 0.2) is 29.6 Å². The lowest BCUT2D eigenvalue weighted by Crippen LogP contribution is -2.34. The minimum Gasteiger partial charge on any atom is -0.346 e. The largest absolute Gasteiger partial charge is 0.346 e. The van der Waals surface area contributed by atoms with Crippen molar-refractivity contribution in [1.29, 1.82) is 0 Å². The predicted octanol–water partition coefficient (Wildman–Crippen LogP) is 3.81. The molecule has 3 aromatic rings. The number of aromatic nitrogens is 3. The van der Waals surface area contributed by atoms with Crippen LogP contribution in [0.4, 0.5) is 5.69 Å². The van der Waals surface area contributed by atoms with E-state index in [1.165, 1.54) is 11.8 Å². The van der Waals surface area contributed by atoms with Crippen LogP contribution < -0.4 is 10.6 Å². The first kappa shape index (κ1) is 21.4. The van der Waals surface area contributed by atoms with Crippen molar-refractivity contribution in [3.05, 3.63) is 51.1 Å². The molecule has 2 heterocycles. The fourth-order valence-electron chi connectivity index (χ4n) is 2.92. The number of halogens is 2. The van der Waals surface area contributed by atoms with Gasteiger partial charge in [0.25, 0.3) is 0 Å². The zero-order valence-electron chi connectivity index (χ0n) is 16.0. The summed E-state index contributed by atoms with van der Waals surface area (Å²) in [6.45, 7) is 5.76. The molecule has 0 atom stereocenters. The maximum absolute atomic E-state index is 12.2. The lowest BCUT2D eigenvalue weighted by Gasteiger charge is -2.13. The highest BCUT2D eigenvalue weighted by molar-refractivity contribution is 7.99. The van der Waals surface area contributed by atoms with Crippen LogP contribution in [0.25, 0.3) is 5.65 Å². The third-order valence-electron chi connectivity index (χ3n) is 4.12. The molecule has 3 rings (SSSR count). The molecule has 0 aliphatic rings. The number of carbonyl (C=O) groups excluding carboxylic acids is 2. The monoisotopic (exact) mass is 451 g/mol. The number of thioether (sulfide) groups is 1. The minimum absolute atomic E-state index is 0.0702. The van der Waals surface area contributed by atoms with Gasteiger partial charge in [-0.3, -0.25) is 14.0 Å².